The summed E-state index contributed by atoms with van der Waals surface area (Å²) in [5.74, 6) is 0.596. The molecule has 2 aromatic rings. The lowest BCUT2D eigenvalue weighted by Crippen LogP contribution is -2.39. The summed E-state index contributed by atoms with van der Waals surface area (Å²) in [6, 6.07) is 8.22. The van der Waals surface area contributed by atoms with E-state index < -0.39 is 5.82 Å². The summed E-state index contributed by atoms with van der Waals surface area (Å²) in [5, 5.41) is 9.55. The average molecular weight is 413 g/mol. The predicted octanol–water partition coefficient (Wildman–Crippen LogP) is 4.51. The Kier molecular flexibility index (Phi) is 5.77. The summed E-state index contributed by atoms with van der Waals surface area (Å²) in [4.78, 5) is 23.6. The van der Waals surface area contributed by atoms with E-state index in [1.807, 2.05) is 6.07 Å². The number of benzene rings is 1. The number of carbonyl (C=O) groups excluding carboxylic acids is 1. The van der Waals surface area contributed by atoms with Crippen LogP contribution >= 0.6 is 11.6 Å². The number of anilines is 1. The van der Waals surface area contributed by atoms with Gasteiger partial charge in [0.25, 0.3) is 0 Å². The third-order valence-electron chi connectivity index (χ3n) is 6.20. The summed E-state index contributed by atoms with van der Waals surface area (Å²) in [6.45, 7) is 1.50. The minimum Gasteiger partial charge on any atom is -0.356 e. The van der Waals surface area contributed by atoms with Crippen LogP contribution in [-0.2, 0) is 4.79 Å². The molecule has 7 heteroatoms. The molecule has 5 nitrogen and oxygen atoms in total. The van der Waals surface area contributed by atoms with Crippen LogP contribution in [0.15, 0.2) is 30.6 Å². The number of piperidine rings is 1. The van der Waals surface area contributed by atoms with E-state index in [1.54, 1.807) is 12.1 Å². The van der Waals surface area contributed by atoms with Gasteiger partial charge in [0.15, 0.2) is 0 Å². The number of aromatic nitrogens is 2. The highest BCUT2D eigenvalue weighted by atomic mass is 35.5. The lowest BCUT2D eigenvalue weighted by molar-refractivity contribution is -0.127. The molecule has 2 aliphatic rings. The molecule has 2 atom stereocenters. The van der Waals surface area contributed by atoms with E-state index in [0.29, 0.717) is 10.7 Å². The first-order chi connectivity index (χ1) is 14.0. The van der Waals surface area contributed by atoms with Crippen molar-refractivity contribution in [1.29, 1.82) is 5.26 Å². The molecule has 150 valence electrons. The number of Topliss-reactive ketones (excluding diaryl/α,β-unsaturated/α-hetero) is 1. The van der Waals surface area contributed by atoms with Crippen molar-refractivity contribution < 1.29 is 9.18 Å². The van der Waals surface area contributed by atoms with Gasteiger partial charge in [-0.05, 0) is 55.4 Å². The molecule has 4 rings (SSSR count). The molecule has 1 aliphatic heterocycles. The van der Waals surface area contributed by atoms with Crippen LogP contribution in [-0.4, -0.2) is 28.8 Å². The highest BCUT2D eigenvalue weighted by molar-refractivity contribution is 6.29. The first kappa shape index (κ1) is 19.8. The Morgan fingerprint density at radius 1 is 1.14 bits per heavy atom. The number of carbonyl (C=O) groups is 1. The van der Waals surface area contributed by atoms with E-state index >= 15 is 0 Å². The van der Waals surface area contributed by atoms with Crippen molar-refractivity contribution in [2.75, 3.05) is 18.0 Å². The SMILES string of the molecule is N#Cc1cc(F)cc(C2CCCC2C(=O)C2CCN(c3cc(Cl)ncn3)CC2)c1. The Morgan fingerprint density at radius 2 is 1.93 bits per heavy atom. The molecule has 1 saturated heterocycles. The fraction of sp³-hybridized carbons (Fsp3) is 0.455. The van der Waals surface area contributed by atoms with Crippen LogP contribution in [0, 0.1) is 29.0 Å². The molecule has 0 spiro atoms. The second-order valence-corrected chi connectivity index (χ2v) is 8.28. The van der Waals surface area contributed by atoms with Gasteiger partial charge in [-0.3, -0.25) is 4.79 Å². The van der Waals surface area contributed by atoms with Gasteiger partial charge in [0, 0.05) is 31.0 Å². The van der Waals surface area contributed by atoms with Crippen molar-refractivity contribution in [1.82, 2.24) is 9.97 Å². The normalized spacial score (nSPS) is 22.4. The molecule has 0 amide bonds. The van der Waals surface area contributed by atoms with Crippen LogP contribution in [0.3, 0.4) is 0 Å². The van der Waals surface area contributed by atoms with E-state index in [9.17, 15) is 9.18 Å². The average Bonchev–Trinajstić information content (AvgIpc) is 3.23. The highest BCUT2D eigenvalue weighted by Crippen LogP contribution is 2.43. The Morgan fingerprint density at radius 3 is 2.66 bits per heavy atom. The van der Waals surface area contributed by atoms with E-state index in [2.05, 4.69) is 14.9 Å². The third kappa shape index (κ3) is 4.25. The predicted molar refractivity (Wildman–Crippen MR) is 108 cm³/mol. The summed E-state index contributed by atoms with van der Waals surface area (Å²) < 4.78 is 13.9. The monoisotopic (exact) mass is 412 g/mol. The number of halogens is 2. The second kappa shape index (κ2) is 8.46. The molecule has 1 aromatic heterocycles. The molecule has 0 N–H and O–H groups in total. The number of rotatable bonds is 4. The minimum absolute atomic E-state index is 0.00370. The maximum atomic E-state index is 13.9. The number of ketones is 1. The molecule has 0 radical (unpaired) electrons. The zero-order valence-electron chi connectivity index (χ0n) is 16.0. The minimum atomic E-state index is -0.408. The quantitative estimate of drug-likeness (QED) is 0.691. The molecule has 29 heavy (non-hydrogen) atoms. The molecule has 2 unspecified atom stereocenters. The first-order valence-electron chi connectivity index (χ1n) is 10.0. The first-order valence-corrected chi connectivity index (χ1v) is 10.4. The molecule has 1 saturated carbocycles. The summed E-state index contributed by atoms with van der Waals surface area (Å²) in [7, 11) is 0. The van der Waals surface area contributed by atoms with E-state index in [1.165, 1.54) is 18.5 Å². The van der Waals surface area contributed by atoms with Crippen molar-refractivity contribution in [2.45, 2.75) is 38.0 Å². The van der Waals surface area contributed by atoms with Crippen LogP contribution in [0.2, 0.25) is 5.15 Å². The fourth-order valence-corrected chi connectivity index (χ4v) is 4.92. The summed E-state index contributed by atoms with van der Waals surface area (Å²) >= 11 is 5.96. The van der Waals surface area contributed by atoms with Crippen molar-refractivity contribution in [3.05, 3.63) is 52.7 Å². The Bertz CT molecular complexity index is 952. The standard InChI is InChI=1S/C22H22ClFN4O/c23-20-11-21(27-13-26-20)28-6-4-15(5-7-28)22(29)19-3-1-2-18(19)16-8-14(12-25)9-17(24)10-16/h8-11,13,15,18-19H,1-7H2. The number of nitriles is 1. The van der Waals surface area contributed by atoms with Gasteiger partial charge in [-0.15, -0.1) is 0 Å². The van der Waals surface area contributed by atoms with Gasteiger partial charge >= 0.3 is 0 Å². The van der Waals surface area contributed by atoms with E-state index in [-0.39, 0.29) is 23.5 Å². The number of hydrogen-bond donors (Lipinski definition) is 0. The summed E-state index contributed by atoms with van der Waals surface area (Å²) in [6.07, 6.45) is 5.66. The molecule has 1 aliphatic carbocycles. The van der Waals surface area contributed by atoms with E-state index in [0.717, 1.165) is 56.6 Å². The van der Waals surface area contributed by atoms with Crippen LogP contribution in [0.25, 0.3) is 0 Å². The number of hydrogen-bond acceptors (Lipinski definition) is 5. The van der Waals surface area contributed by atoms with Crippen molar-refractivity contribution in [3.8, 4) is 6.07 Å². The van der Waals surface area contributed by atoms with E-state index in [4.69, 9.17) is 16.9 Å². The maximum absolute atomic E-state index is 13.9. The van der Waals surface area contributed by atoms with Crippen molar-refractivity contribution in [3.63, 3.8) is 0 Å². The summed E-state index contributed by atoms with van der Waals surface area (Å²) in [5.41, 5.74) is 1.10. The largest absolute Gasteiger partial charge is 0.356 e. The topological polar surface area (TPSA) is 69.9 Å². The van der Waals surface area contributed by atoms with Gasteiger partial charge in [0.05, 0.1) is 11.6 Å². The number of nitrogens with zero attached hydrogens (tertiary/aromatic N) is 4. The molecule has 1 aromatic carbocycles. The molecular weight excluding hydrogens is 391 g/mol. The molecule has 2 heterocycles. The lowest BCUT2D eigenvalue weighted by atomic mass is 9.78. The lowest BCUT2D eigenvalue weighted by Gasteiger charge is -2.34. The van der Waals surface area contributed by atoms with Gasteiger partial charge in [-0.25, -0.2) is 14.4 Å². The molecular formula is C22H22ClFN4O. The second-order valence-electron chi connectivity index (χ2n) is 7.89. The van der Waals surface area contributed by atoms with Crippen LogP contribution < -0.4 is 4.90 Å². The fourth-order valence-electron chi connectivity index (χ4n) is 4.78. The third-order valence-corrected chi connectivity index (χ3v) is 6.41. The van der Waals surface area contributed by atoms with Gasteiger partial charge in [0.2, 0.25) is 0 Å². The van der Waals surface area contributed by atoms with Crippen molar-refractivity contribution >= 4 is 23.2 Å². The maximum Gasteiger partial charge on any atom is 0.139 e. The smallest absolute Gasteiger partial charge is 0.139 e. The molecule has 0 bridgehead atoms. The molecule has 2 fully saturated rings. The van der Waals surface area contributed by atoms with Gasteiger partial charge in [-0.1, -0.05) is 18.0 Å². The van der Waals surface area contributed by atoms with Gasteiger partial charge in [0.1, 0.15) is 28.9 Å². The zero-order valence-corrected chi connectivity index (χ0v) is 16.8. The Labute approximate surface area is 174 Å². The van der Waals surface area contributed by atoms with Crippen molar-refractivity contribution in [2.24, 2.45) is 11.8 Å². The van der Waals surface area contributed by atoms with Crippen LogP contribution in [0.5, 0.6) is 0 Å². The zero-order chi connectivity index (χ0) is 20.4. The Hall–Kier alpha value is -2.52. The van der Waals surface area contributed by atoms with Crippen LogP contribution in [0.1, 0.15) is 49.1 Å². The highest BCUT2D eigenvalue weighted by Gasteiger charge is 2.38. The van der Waals surface area contributed by atoms with Crippen LogP contribution in [0.4, 0.5) is 10.2 Å². The Balaban J connectivity index is 1.44. The van der Waals surface area contributed by atoms with Gasteiger partial charge < -0.3 is 4.90 Å². The van der Waals surface area contributed by atoms with Gasteiger partial charge in [-0.2, -0.15) is 5.26 Å².